The molecule has 0 aliphatic carbocycles. The number of likely N-dealkylation sites (N-methyl/N-ethyl adjacent to an activating group) is 1. The average molecular weight is 499 g/mol. The van der Waals surface area contributed by atoms with Crippen LogP contribution >= 0.6 is 23.2 Å². The van der Waals surface area contributed by atoms with Crippen LogP contribution in [-0.4, -0.2) is 36.4 Å². The van der Waals surface area contributed by atoms with Gasteiger partial charge in [0.2, 0.25) is 11.8 Å². The van der Waals surface area contributed by atoms with Crippen LogP contribution in [0, 0.1) is 0 Å². The average Bonchev–Trinajstić information content (AvgIpc) is 2.83. The smallest absolute Gasteiger partial charge is 0.243 e. The summed E-state index contributed by atoms with van der Waals surface area (Å²) in [5.41, 5.74) is 2.51. The molecule has 3 aromatic carbocycles. The number of carbonyl (C=O) groups is 2. The third-order valence-corrected chi connectivity index (χ3v) is 6.08. The lowest BCUT2D eigenvalue weighted by atomic mass is 10.0. The molecule has 0 radical (unpaired) electrons. The number of nitrogens with zero attached hydrogens (tertiary/aromatic N) is 1. The Labute approximate surface area is 210 Å². The van der Waals surface area contributed by atoms with Gasteiger partial charge in [-0.05, 0) is 47.9 Å². The molecule has 0 saturated carbocycles. The van der Waals surface area contributed by atoms with Gasteiger partial charge in [0, 0.05) is 29.6 Å². The molecule has 0 aliphatic rings. The normalized spacial score (nSPS) is 11.5. The van der Waals surface area contributed by atoms with Crippen molar-refractivity contribution in [3.8, 4) is 5.75 Å². The van der Waals surface area contributed by atoms with Crippen molar-refractivity contribution in [3.05, 3.63) is 99.5 Å². The molecule has 0 saturated heterocycles. The van der Waals surface area contributed by atoms with Gasteiger partial charge in [-0.2, -0.15) is 0 Å². The van der Waals surface area contributed by atoms with E-state index in [0.717, 1.165) is 16.7 Å². The second kappa shape index (κ2) is 12.4. The molecule has 2 amide bonds. The van der Waals surface area contributed by atoms with Crippen LogP contribution in [-0.2, 0) is 29.0 Å². The minimum atomic E-state index is -0.708. The summed E-state index contributed by atoms with van der Waals surface area (Å²) in [7, 11) is 1.60. The summed E-state index contributed by atoms with van der Waals surface area (Å²) in [5, 5.41) is 3.84. The fraction of sp³-hybridized carbons (Fsp3) is 0.259. The highest BCUT2D eigenvalue weighted by molar-refractivity contribution is 6.35. The van der Waals surface area contributed by atoms with Gasteiger partial charge in [0.1, 0.15) is 11.8 Å². The Morgan fingerprint density at radius 1 is 0.971 bits per heavy atom. The van der Waals surface area contributed by atoms with Crippen molar-refractivity contribution in [1.82, 2.24) is 10.2 Å². The molecule has 1 N–H and O–H groups in total. The summed E-state index contributed by atoms with van der Waals surface area (Å²) in [4.78, 5) is 28.4. The minimum absolute atomic E-state index is 0.139. The first-order valence-corrected chi connectivity index (χ1v) is 11.8. The second-order valence-electron chi connectivity index (χ2n) is 7.88. The Hall–Kier alpha value is -3.02. The number of hydrogen-bond acceptors (Lipinski definition) is 3. The summed E-state index contributed by atoms with van der Waals surface area (Å²) in [6.45, 7) is 2.50. The Balaban J connectivity index is 1.96. The van der Waals surface area contributed by atoms with Crippen molar-refractivity contribution in [2.24, 2.45) is 0 Å². The highest BCUT2D eigenvalue weighted by atomic mass is 35.5. The molecule has 0 heterocycles. The summed E-state index contributed by atoms with van der Waals surface area (Å²) in [6, 6.07) is 21.4. The fourth-order valence-electron chi connectivity index (χ4n) is 3.70. The van der Waals surface area contributed by atoms with Gasteiger partial charge in [-0.25, -0.2) is 0 Å². The molecule has 0 aromatic heterocycles. The Morgan fingerprint density at radius 2 is 1.68 bits per heavy atom. The van der Waals surface area contributed by atoms with E-state index < -0.39 is 6.04 Å². The molecule has 1 atom stereocenters. The van der Waals surface area contributed by atoms with Crippen molar-refractivity contribution >= 4 is 35.0 Å². The summed E-state index contributed by atoms with van der Waals surface area (Å²) < 4.78 is 5.21. The third-order valence-electron chi connectivity index (χ3n) is 5.49. The van der Waals surface area contributed by atoms with Crippen molar-refractivity contribution in [3.63, 3.8) is 0 Å². The van der Waals surface area contributed by atoms with Gasteiger partial charge in [0.05, 0.1) is 13.5 Å². The van der Waals surface area contributed by atoms with E-state index in [2.05, 4.69) is 5.32 Å². The Bertz CT molecular complexity index is 1100. The molecule has 0 spiro atoms. The summed E-state index contributed by atoms with van der Waals surface area (Å²) >= 11 is 12.5. The van der Waals surface area contributed by atoms with Crippen molar-refractivity contribution in [2.75, 3.05) is 13.7 Å². The predicted octanol–water partition coefficient (Wildman–Crippen LogP) is 5.32. The highest BCUT2D eigenvalue weighted by Gasteiger charge is 2.30. The molecule has 34 heavy (non-hydrogen) atoms. The minimum Gasteiger partial charge on any atom is -0.497 e. The molecule has 0 unspecified atom stereocenters. The van der Waals surface area contributed by atoms with E-state index in [-0.39, 0.29) is 24.8 Å². The standard InChI is InChI=1S/C27H28Cl2N2O3/c1-3-30-27(33)25(15-19-7-5-4-6-8-19)31(18-21-11-12-22(28)17-24(21)29)26(32)16-20-9-13-23(34-2)14-10-20/h4-14,17,25H,3,15-16,18H2,1-2H3,(H,30,33)/t25-/m1/s1. The first-order valence-electron chi connectivity index (χ1n) is 11.1. The quantitative estimate of drug-likeness (QED) is 0.411. The summed E-state index contributed by atoms with van der Waals surface area (Å²) in [6.07, 6.45) is 0.520. The lowest BCUT2D eigenvalue weighted by molar-refractivity contribution is -0.140. The van der Waals surface area contributed by atoms with Gasteiger partial charge >= 0.3 is 0 Å². The largest absolute Gasteiger partial charge is 0.497 e. The zero-order valence-electron chi connectivity index (χ0n) is 19.3. The second-order valence-corrected chi connectivity index (χ2v) is 8.73. The lowest BCUT2D eigenvalue weighted by Gasteiger charge is -2.32. The van der Waals surface area contributed by atoms with E-state index in [4.69, 9.17) is 27.9 Å². The van der Waals surface area contributed by atoms with Gasteiger partial charge in [-0.1, -0.05) is 71.7 Å². The molecule has 5 nitrogen and oxygen atoms in total. The number of carbonyl (C=O) groups excluding carboxylic acids is 2. The maximum atomic E-state index is 13.6. The molecule has 3 rings (SSSR count). The van der Waals surface area contributed by atoms with E-state index in [1.165, 1.54) is 0 Å². The van der Waals surface area contributed by atoms with Crippen molar-refractivity contribution < 1.29 is 14.3 Å². The van der Waals surface area contributed by atoms with Crippen LogP contribution in [0.4, 0.5) is 0 Å². The zero-order valence-corrected chi connectivity index (χ0v) is 20.8. The van der Waals surface area contributed by atoms with Crippen LogP contribution in [0.1, 0.15) is 23.6 Å². The van der Waals surface area contributed by atoms with Gasteiger partial charge in [-0.15, -0.1) is 0 Å². The molecular weight excluding hydrogens is 471 g/mol. The lowest BCUT2D eigenvalue weighted by Crippen LogP contribution is -2.51. The number of benzene rings is 3. The van der Waals surface area contributed by atoms with Gasteiger partial charge in [0.25, 0.3) is 0 Å². The Morgan fingerprint density at radius 3 is 2.29 bits per heavy atom. The predicted molar refractivity (Wildman–Crippen MR) is 136 cm³/mol. The molecular formula is C27H28Cl2N2O3. The van der Waals surface area contributed by atoms with Crippen LogP contribution in [0.25, 0.3) is 0 Å². The SMILES string of the molecule is CCNC(=O)[C@@H](Cc1ccccc1)N(Cc1ccc(Cl)cc1Cl)C(=O)Cc1ccc(OC)cc1. The topological polar surface area (TPSA) is 58.6 Å². The van der Waals surface area contributed by atoms with Crippen molar-refractivity contribution in [2.45, 2.75) is 32.4 Å². The van der Waals surface area contributed by atoms with Crippen LogP contribution < -0.4 is 10.1 Å². The maximum Gasteiger partial charge on any atom is 0.243 e. The van der Waals surface area contributed by atoms with Crippen LogP contribution in [0.3, 0.4) is 0 Å². The fourth-order valence-corrected chi connectivity index (χ4v) is 4.17. The van der Waals surface area contributed by atoms with E-state index in [0.29, 0.717) is 28.8 Å². The number of halogens is 2. The van der Waals surface area contributed by atoms with Crippen molar-refractivity contribution in [1.29, 1.82) is 0 Å². The monoisotopic (exact) mass is 498 g/mol. The molecule has 0 bridgehead atoms. The number of hydrogen-bond donors (Lipinski definition) is 1. The first kappa shape index (κ1) is 25.6. The number of ether oxygens (including phenoxy) is 1. The first-order chi connectivity index (χ1) is 16.4. The number of nitrogens with one attached hydrogen (secondary N) is 1. The van der Waals surface area contributed by atoms with E-state index in [1.54, 1.807) is 30.2 Å². The number of methoxy groups -OCH3 is 1. The van der Waals surface area contributed by atoms with Crippen LogP contribution in [0.15, 0.2) is 72.8 Å². The zero-order chi connectivity index (χ0) is 24.5. The van der Waals surface area contributed by atoms with Crippen LogP contribution in [0.5, 0.6) is 5.75 Å². The maximum absolute atomic E-state index is 13.6. The molecule has 178 valence electrons. The van der Waals surface area contributed by atoms with E-state index in [1.807, 2.05) is 61.5 Å². The van der Waals surface area contributed by atoms with Gasteiger partial charge in [-0.3, -0.25) is 9.59 Å². The van der Waals surface area contributed by atoms with E-state index in [9.17, 15) is 9.59 Å². The molecule has 7 heteroatoms. The number of amides is 2. The third kappa shape index (κ3) is 6.99. The highest BCUT2D eigenvalue weighted by Crippen LogP contribution is 2.25. The van der Waals surface area contributed by atoms with Gasteiger partial charge < -0.3 is 15.0 Å². The number of rotatable bonds is 10. The van der Waals surface area contributed by atoms with Gasteiger partial charge in [0.15, 0.2) is 0 Å². The molecule has 0 fully saturated rings. The Kier molecular flexibility index (Phi) is 9.37. The summed E-state index contributed by atoms with van der Waals surface area (Å²) in [5.74, 6) is 0.327. The van der Waals surface area contributed by atoms with E-state index >= 15 is 0 Å². The molecule has 3 aromatic rings. The molecule has 0 aliphatic heterocycles. The van der Waals surface area contributed by atoms with Crippen LogP contribution in [0.2, 0.25) is 10.0 Å².